The predicted octanol–water partition coefficient (Wildman–Crippen LogP) is 5.51. The third kappa shape index (κ3) is 5.39. The highest BCUT2D eigenvalue weighted by molar-refractivity contribution is 5.85. The first-order chi connectivity index (χ1) is 12.8. The number of nitrogens with one attached hydrogen (secondary N) is 1. The van der Waals surface area contributed by atoms with Crippen molar-refractivity contribution in [3.8, 4) is 0 Å². The van der Waals surface area contributed by atoms with Gasteiger partial charge in [0.15, 0.2) is 0 Å². The molecule has 0 aromatic rings. The molecule has 0 spiro atoms. The van der Waals surface area contributed by atoms with E-state index < -0.39 is 0 Å². The highest BCUT2D eigenvalue weighted by Crippen LogP contribution is 2.28. The van der Waals surface area contributed by atoms with Crippen LogP contribution in [-0.4, -0.2) is 24.8 Å². The number of hydrogen-bond donors (Lipinski definition) is 1. The maximum absolute atomic E-state index is 13.0. The van der Waals surface area contributed by atoms with Gasteiger partial charge in [-0.2, -0.15) is 5.10 Å². The Morgan fingerprint density at radius 3 is 2.73 bits per heavy atom. The third-order valence-corrected chi connectivity index (χ3v) is 5.73. The molecule has 1 atom stereocenters. The van der Waals surface area contributed by atoms with E-state index in [1.807, 2.05) is 6.21 Å². The Bertz CT molecular complexity index is 605. The van der Waals surface area contributed by atoms with Crippen molar-refractivity contribution in [1.29, 1.82) is 0 Å². The molecule has 1 heterocycles. The summed E-state index contributed by atoms with van der Waals surface area (Å²) >= 11 is 0. The zero-order valence-corrected chi connectivity index (χ0v) is 16.0. The quantitative estimate of drug-likeness (QED) is 0.695. The fourth-order valence-electron chi connectivity index (χ4n) is 4.18. The summed E-state index contributed by atoms with van der Waals surface area (Å²) in [6, 6.07) is 0.100. The van der Waals surface area contributed by atoms with E-state index in [2.05, 4.69) is 41.8 Å². The number of aliphatic imine (C=N–C) groups is 1. The van der Waals surface area contributed by atoms with E-state index in [0.29, 0.717) is 5.92 Å². The van der Waals surface area contributed by atoms with Crippen molar-refractivity contribution in [2.24, 2.45) is 21.9 Å². The zero-order valence-electron chi connectivity index (χ0n) is 16.0. The number of alkyl halides is 1. The normalized spacial score (nSPS) is 31.8. The highest BCUT2D eigenvalue weighted by Gasteiger charge is 2.23. The van der Waals surface area contributed by atoms with Gasteiger partial charge >= 0.3 is 0 Å². The lowest BCUT2D eigenvalue weighted by molar-refractivity contribution is 0.285. The number of rotatable bonds is 2. The van der Waals surface area contributed by atoms with Crippen molar-refractivity contribution in [3.63, 3.8) is 0 Å². The van der Waals surface area contributed by atoms with Gasteiger partial charge in [-0.05, 0) is 63.4 Å². The van der Waals surface area contributed by atoms with Gasteiger partial charge in [0.25, 0.3) is 0 Å². The lowest BCUT2D eigenvalue weighted by Gasteiger charge is -2.25. The van der Waals surface area contributed by atoms with Gasteiger partial charge in [-0.25, -0.2) is 0 Å². The summed E-state index contributed by atoms with van der Waals surface area (Å²) in [6.07, 6.45) is 20.2. The van der Waals surface area contributed by atoms with Gasteiger partial charge in [0.2, 0.25) is 0 Å². The average molecular weight is 358 g/mol. The summed E-state index contributed by atoms with van der Waals surface area (Å²) in [7, 11) is 0. The summed E-state index contributed by atoms with van der Waals surface area (Å²) in [4.78, 5) is 5.12. The average Bonchev–Trinajstić information content (AvgIpc) is 2.78. The maximum Gasteiger partial charge on any atom is 0.121 e. The Kier molecular flexibility index (Phi) is 7.22. The minimum Gasteiger partial charge on any atom is -0.265 e. The molecule has 1 N–H and O–H groups in total. The minimum absolute atomic E-state index is 0.100. The lowest BCUT2D eigenvalue weighted by Crippen LogP contribution is -2.31. The van der Waals surface area contributed by atoms with E-state index >= 15 is 0 Å². The molecule has 0 saturated heterocycles. The molecule has 3 rings (SSSR count). The fourth-order valence-corrected chi connectivity index (χ4v) is 4.18. The Hall–Kier alpha value is -1.71. The molecule has 0 aromatic heterocycles. The van der Waals surface area contributed by atoms with Gasteiger partial charge in [0, 0.05) is 12.1 Å². The molecule has 142 valence electrons. The van der Waals surface area contributed by atoms with Gasteiger partial charge < -0.3 is 0 Å². The molecule has 0 bridgehead atoms. The molecule has 26 heavy (non-hydrogen) atoms. The van der Waals surface area contributed by atoms with Crippen molar-refractivity contribution < 1.29 is 4.39 Å². The number of halogens is 1. The molecule has 1 unspecified atom stereocenters. The molecule has 2 aliphatic carbocycles. The Balaban J connectivity index is 1.80. The Morgan fingerprint density at radius 2 is 1.96 bits per heavy atom. The van der Waals surface area contributed by atoms with Crippen LogP contribution in [0.15, 0.2) is 45.5 Å². The van der Waals surface area contributed by atoms with E-state index in [9.17, 15) is 4.39 Å². The number of hydrazone groups is 1. The van der Waals surface area contributed by atoms with Crippen molar-refractivity contribution in [2.45, 2.75) is 70.8 Å². The first-order valence-electron chi connectivity index (χ1n) is 10.2. The number of amidine groups is 1. The second kappa shape index (κ2) is 9.84. The molecule has 1 aliphatic heterocycles. The van der Waals surface area contributed by atoms with Gasteiger partial charge in [-0.1, -0.05) is 42.7 Å². The minimum atomic E-state index is -0.165. The number of nitrogens with zero attached hydrogens (tertiary/aromatic N) is 2. The molecule has 1 saturated carbocycles. The maximum atomic E-state index is 13.0. The van der Waals surface area contributed by atoms with Gasteiger partial charge in [-0.15, -0.1) is 0 Å². The summed E-state index contributed by atoms with van der Waals surface area (Å²) in [6.45, 7) is 1.99. The first-order valence-corrected chi connectivity index (χ1v) is 10.2. The Morgan fingerprint density at radius 1 is 1.15 bits per heavy atom. The number of hydrogen-bond acceptors (Lipinski definition) is 3. The summed E-state index contributed by atoms with van der Waals surface area (Å²) in [5, 5.41) is 4.43. The third-order valence-electron chi connectivity index (χ3n) is 5.73. The summed E-state index contributed by atoms with van der Waals surface area (Å²) in [5.41, 5.74) is 5.95. The first kappa shape index (κ1) is 19.1. The highest BCUT2D eigenvalue weighted by atomic mass is 19.1. The second-order valence-corrected chi connectivity index (χ2v) is 7.87. The molecule has 0 aromatic carbocycles. The Labute approximate surface area is 157 Å². The summed E-state index contributed by atoms with van der Waals surface area (Å²) in [5.74, 6) is 1.68. The predicted molar refractivity (Wildman–Crippen MR) is 108 cm³/mol. The molecule has 4 heteroatoms. The van der Waals surface area contributed by atoms with Crippen molar-refractivity contribution in [1.82, 2.24) is 5.43 Å². The molecule has 3 aliphatic rings. The van der Waals surface area contributed by atoms with Crippen LogP contribution in [-0.2, 0) is 0 Å². The van der Waals surface area contributed by atoms with Crippen LogP contribution in [0.4, 0.5) is 4.39 Å². The molecular weight excluding hydrogens is 325 g/mol. The monoisotopic (exact) mass is 357 g/mol. The van der Waals surface area contributed by atoms with Crippen LogP contribution in [0.1, 0.15) is 64.7 Å². The van der Waals surface area contributed by atoms with Crippen LogP contribution in [0.2, 0.25) is 0 Å². The van der Waals surface area contributed by atoms with Crippen LogP contribution in [0, 0.1) is 11.8 Å². The van der Waals surface area contributed by atoms with Crippen molar-refractivity contribution >= 4 is 12.1 Å². The second-order valence-electron chi connectivity index (χ2n) is 7.87. The summed E-state index contributed by atoms with van der Waals surface area (Å²) < 4.78 is 13.0. The molecular formula is C22H32FN3. The van der Waals surface area contributed by atoms with Gasteiger partial charge in [0.05, 0.1) is 12.7 Å². The van der Waals surface area contributed by atoms with E-state index in [4.69, 9.17) is 4.99 Å². The largest absolute Gasteiger partial charge is 0.265 e. The number of fused-ring (bicyclic) bond motifs is 1. The van der Waals surface area contributed by atoms with Crippen molar-refractivity contribution in [2.75, 3.05) is 6.67 Å². The molecule has 3 nitrogen and oxygen atoms in total. The molecule has 1 fully saturated rings. The SMILES string of the molecule is CC1=CC=CC2N=C(C3CCCC(CF)CCC3)N/N=C/CCCC2=C1. The topological polar surface area (TPSA) is 36.8 Å². The van der Waals surface area contributed by atoms with E-state index in [1.165, 1.54) is 11.1 Å². The fraction of sp³-hybridized carbons (Fsp3) is 0.636. The van der Waals surface area contributed by atoms with Crippen LogP contribution < -0.4 is 5.43 Å². The van der Waals surface area contributed by atoms with E-state index in [-0.39, 0.29) is 18.6 Å². The number of allylic oxidation sites excluding steroid dienone is 4. The van der Waals surface area contributed by atoms with Crippen LogP contribution in [0.3, 0.4) is 0 Å². The lowest BCUT2D eigenvalue weighted by atomic mass is 9.85. The van der Waals surface area contributed by atoms with Gasteiger partial charge in [-0.3, -0.25) is 14.8 Å². The smallest absolute Gasteiger partial charge is 0.121 e. The van der Waals surface area contributed by atoms with Crippen molar-refractivity contribution in [3.05, 3.63) is 35.5 Å². The van der Waals surface area contributed by atoms with Gasteiger partial charge in [0.1, 0.15) is 5.84 Å². The zero-order chi connectivity index (χ0) is 18.2. The van der Waals surface area contributed by atoms with Crippen LogP contribution in [0.5, 0.6) is 0 Å². The standard InChI is InChI=1S/C22H32FN3/c1-17-7-4-13-21-20(15-17)10-2-3-14-24-26-22(25-21)19-11-5-8-18(16-23)9-6-12-19/h4,7,13-15,18-19,21H,2-3,5-6,8-12,16H2,1H3,(H,25,26)/b24-14+. The van der Waals surface area contributed by atoms with Crippen LogP contribution >= 0.6 is 0 Å². The molecule has 0 radical (unpaired) electrons. The molecule has 0 amide bonds. The van der Waals surface area contributed by atoms with E-state index in [0.717, 1.165) is 63.6 Å². The van der Waals surface area contributed by atoms with E-state index in [1.54, 1.807) is 0 Å². The van der Waals surface area contributed by atoms with Crippen LogP contribution in [0.25, 0.3) is 0 Å².